The van der Waals surface area contributed by atoms with Crippen molar-refractivity contribution in [3.05, 3.63) is 34.5 Å². The number of carboxylic acids is 1. The molecule has 16 heavy (non-hydrogen) atoms. The second kappa shape index (κ2) is 4.29. The highest BCUT2D eigenvalue weighted by molar-refractivity contribution is 9.10. The van der Waals surface area contributed by atoms with Crippen LogP contribution in [0.5, 0.6) is 0 Å². The molecule has 1 N–H and O–H groups in total. The minimum atomic E-state index is -0.788. The molecule has 0 saturated carbocycles. The fourth-order valence-electron chi connectivity index (χ4n) is 1.63. The molecule has 0 spiro atoms. The monoisotopic (exact) mass is 282 g/mol. The molecule has 0 aliphatic heterocycles. The number of benzene rings is 1. The summed E-state index contributed by atoms with van der Waals surface area (Å²) in [6.07, 6.45) is 2.12. The first-order valence-corrected chi connectivity index (χ1v) is 5.75. The van der Waals surface area contributed by atoms with Crippen LogP contribution in [0.3, 0.4) is 0 Å². The van der Waals surface area contributed by atoms with Gasteiger partial charge in [-0.1, -0.05) is 22.9 Å². The molecule has 0 amide bonds. The summed E-state index contributed by atoms with van der Waals surface area (Å²) in [7, 11) is 0. The molecule has 84 valence electrons. The Bertz CT molecular complexity index is 530. The normalized spacial score (nSPS) is 12.9. The van der Waals surface area contributed by atoms with Crippen molar-refractivity contribution in [1.29, 1.82) is 0 Å². The van der Waals surface area contributed by atoms with Crippen LogP contribution in [-0.4, -0.2) is 11.1 Å². The Balaban J connectivity index is 2.37. The van der Waals surface area contributed by atoms with Crippen molar-refractivity contribution >= 4 is 32.9 Å². The first-order valence-electron chi connectivity index (χ1n) is 4.96. The Morgan fingerprint density at radius 3 is 3.00 bits per heavy atom. The topological polar surface area (TPSA) is 50.4 Å². The number of furan rings is 1. The molecule has 0 bridgehead atoms. The van der Waals surface area contributed by atoms with Gasteiger partial charge in [-0.3, -0.25) is 4.79 Å². The van der Waals surface area contributed by atoms with Crippen molar-refractivity contribution in [3.63, 3.8) is 0 Å². The smallest absolute Gasteiger partial charge is 0.306 e. The van der Waals surface area contributed by atoms with Gasteiger partial charge in [0.05, 0.1) is 12.2 Å². The van der Waals surface area contributed by atoms with E-state index in [0.717, 1.165) is 21.0 Å². The van der Waals surface area contributed by atoms with Crippen molar-refractivity contribution in [2.45, 2.75) is 13.3 Å². The van der Waals surface area contributed by atoms with E-state index < -0.39 is 11.9 Å². The summed E-state index contributed by atoms with van der Waals surface area (Å²) in [5.41, 5.74) is 1.72. The van der Waals surface area contributed by atoms with Crippen LogP contribution in [0, 0.1) is 5.92 Å². The lowest BCUT2D eigenvalue weighted by molar-refractivity contribution is -0.141. The number of hydrogen-bond acceptors (Lipinski definition) is 2. The zero-order valence-electron chi connectivity index (χ0n) is 8.74. The molecule has 0 fully saturated rings. The lowest BCUT2D eigenvalue weighted by atomic mass is 10.0. The molecule has 0 radical (unpaired) electrons. The molecule has 1 unspecified atom stereocenters. The Morgan fingerprint density at radius 1 is 1.56 bits per heavy atom. The molecule has 0 aliphatic carbocycles. The summed E-state index contributed by atoms with van der Waals surface area (Å²) < 4.78 is 6.33. The molecule has 0 aliphatic rings. The SMILES string of the molecule is CC(Cc1coc2ccc(Br)cc12)C(=O)O. The summed E-state index contributed by atoms with van der Waals surface area (Å²) in [5.74, 6) is -1.19. The van der Waals surface area contributed by atoms with E-state index in [1.165, 1.54) is 0 Å². The molecule has 1 aromatic heterocycles. The first kappa shape index (κ1) is 11.2. The van der Waals surface area contributed by atoms with Gasteiger partial charge in [0.2, 0.25) is 0 Å². The number of rotatable bonds is 3. The van der Waals surface area contributed by atoms with Crippen molar-refractivity contribution in [2.24, 2.45) is 5.92 Å². The largest absolute Gasteiger partial charge is 0.481 e. The molecule has 1 aromatic carbocycles. The predicted molar refractivity (Wildman–Crippen MR) is 64.4 cm³/mol. The van der Waals surface area contributed by atoms with Crippen molar-refractivity contribution in [3.8, 4) is 0 Å². The fraction of sp³-hybridized carbons (Fsp3) is 0.250. The van der Waals surface area contributed by atoms with Crippen LogP contribution >= 0.6 is 15.9 Å². The Morgan fingerprint density at radius 2 is 2.31 bits per heavy atom. The Labute approximate surface area is 101 Å². The summed E-state index contributed by atoms with van der Waals surface area (Å²) in [4.78, 5) is 10.8. The second-order valence-corrected chi connectivity index (χ2v) is 4.76. The van der Waals surface area contributed by atoms with E-state index in [2.05, 4.69) is 15.9 Å². The van der Waals surface area contributed by atoms with Gasteiger partial charge in [0, 0.05) is 9.86 Å². The van der Waals surface area contributed by atoms with Crippen LogP contribution in [0.1, 0.15) is 12.5 Å². The van der Waals surface area contributed by atoms with Crippen LogP contribution in [0.15, 0.2) is 33.4 Å². The molecule has 0 saturated heterocycles. The van der Waals surface area contributed by atoms with Gasteiger partial charge in [-0.15, -0.1) is 0 Å². The van der Waals surface area contributed by atoms with Crippen molar-refractivity contribution in [2.75, 3.05) is 0 Å². The maximum Gasteiger partial charge on any atom is 0.306 e. The second-order valence-electron chi connectivity index (χ2n) is 3.84. The van der Waals surface area contributed by atoms with Gasteiger partial charge in [0.25, 0.3) is 0 Å². The summed E-state index contributed by atoms with van der Waals surface area (Å²) in [6.45, 7) is 1.69. The van der Waals surface area contributed by atoms with Gasteiger partial charge in [0.15, 0.2) is 0 Å². The third kappa shape index (κ3) is 2.11. The minimum Gasteiger partial charge on any atom is -0.481 e. The molecular formula is C12H11BrO3. The molecule has 2 rings (SSSR count). The van der Waals surface area contributed by atoms with E-state index in [1.807, 2.05) is 18.2 Å². The van der Waals surface area contributed by atoms with Crippen LogP contribution in [0.2, 0.25) is 0 Å². The van der Waals surface area contributed by atoms with E-state index in [-0.39, 0.29) is 0 Å². The Kier molecular flexibility index (Phi) is 3.01. The number of carboxylic acid groups (broad SMARTS) is 1. The molecule has 4 heteroatoms. The highest BCUT2D eigenvalue weighted by Crippen LogP contribution is 2.26. The fourth-order valence-corrected chi connectivity index (χ4v) is 1.99. The lowest BCUT2D eigenvalue weighted by Crippen LogP contribution is -2.11. The molecule has 1 atom stereocenters. The number of carbonyl (C=O) groups is 1. The number of aliphatic carboxylic acids is 1. The average molecular weight is 283 g/mol. The van der Waals surface area contributed by atoms with Crippen LogP contribution in [-0.2, 0) is 11.2 Å². The standard InChI is InChI=1S/C12H11BrO3/c1-7(12(14)15)4-8-6-16-11-3-2-9(13)5-10(8)11/h2-3,5-7H,4H2,1H3,(H,14,15). The van der Waals surface area contributed by atoms with Gasteiger partial charge in [-0.25, -0.2) is 0 Å². The van der Waals surface area contributed by atoms with E-state index in [4.69, 9.17) is 9.52 Å². The highest BCUT2D eigenvalue weighted by Gasteiger charge is 2.15. The quantitative estimate of drug-likeness (QED) is 0.938. The van der Waals surface area contributed by atoms with E-state index in [1.54, 1.807) is 13.2 Å². The van der Waals surface area contributed by atoms with E-state index >= 15 is 0 Å². The third-order valence-corrected chi connectivity index (χ3v) is 3.06. The molecule has 1 heterocycles. The molecule has 2 aromatic rings. The maximum atomic E-state index is 10.8. The van der Waals surface area contributed by atoms with Crippen molar-refractivity contribution in [1.82, 2.24) is 0 Å². The number of halogens is 1. The van der Waals surface area contributed by atoms with E-state index in [9.17, 15) is 4.79 Å². The number of fused-ring (bicyclic) bond motifs is 1. The van der Waals surface area contributed by atoms with Gasteiger partial charge in [-0.2, -0.15) is 0 Å². The zero-order valence-corrected chi connectivity index (χ0v) is 10.3. The third-order valence-electron chi connectivity index (χ3n) is 2.56. The van der Waals surface area contributed by atoms with Crippen LogP contribution in [0.4, 0.5) is 0 Å². The highest BCUT2D eigenvalue weighted by atomic mass is 79.9. The van der Waals surface area contributed by atoms with Gasteiger partial charge >= 0.3 is 5.97 Å². The zero-order chi connectivity index (χ0) is 11.7. The number of hydrogen-bond donors (Lipinski definition) is 1. The van der Waals surface area contributed by atoms with Gasteiger partial charge in [0.1, 0.15) is 5.58 Å². The predicted octanol–water partition coefficient (Wildman–Crippen LogP) is 3.46. The van der Waals surface area contributed by atoms with Gasteiger partial charge < -0.3 is 9.52 Å². The lowest BCUT2D eigenvalue weighted by Gasteiger charge is -2.03. The van der Waals surface area contributed by atoms with Crippen molar-refractivity contribution < 1.29 is 14.3 Å². The first-order chi connectivity index (χ1) is 7.58. The average Bonchev–Trinajstić information content (AvgIpc) is 2.61. The maximum absolute atomic E-state index is 10.8. The molecular weight excluding hydrogens is 272 g/mol. The van der Waals surface area contributed by atoms with Crippen LogP contribution < -0.4 is 0 Å². The molecule has 3 nitrogen and oxygen atoms in total. The summed E-state index contributed by atoms with van der Waals surface area (Å²) in [5, 5.41) is 9.84. The van der Waals surface area contributed by atoms with Crippen LogP contribution in [0.25, 0.3) is 11.0 Å². The van der Waals surface area contributed by atoms with E-state index in [0.29, 0.717) is 6.42 Å². The van der Waals surface area contributed by atoms with Gasteiger partial charge in [-0.05, 0) is 30.2 Å². The minimum absolute atomic E-state index is 0.403. The summed E-state index contributed by atoms with van der Waals surface area (Å²) >= 11 is 3.39. The summed E-state index contributed by atoms with van der Waals surface area (Å²) in [6, 6.07) is 5.72. The Hall–Kier alpha value is -1.29.